The molecule has 1 aromatic rings. The Morgan fingerprint density at radius 3 is 2.40 bits per heavy atom. The van der Waals surface area contributed by atoms with Crippen molar-refractivity contribution < 1.29 is 4.79 Å². The second kappa shape index (κ2) is 6.39. The maximum absolute atomic E-state index is 12.8. The summed E-state index contributed by atoms with van der Waals surface area (Å²) in [4.78, 5) is 12.8. The van der Waals surface area contributed by atoms with Crippen molar-refractivity contribution in [3.8, 4) is 0 Å². The lowest BCUT2D eigenvalue weighted by Gasteiger charge is -2.32. The fraction of sp³-hybridized carbons (Fsp3) is 0.526. The molecule has 106 valence electrons. The smallest absolute Gasteiger partial charge is 0.162 e. The SMILES string of the molecule is O=C1C(=Cc2ccccc2)CCCC1C1CCCCC1. The van der Waals surface area contributed by atoms with Crippen LogP contribution in [0.5, 0.6) is 0 Å². The van der Waals surface area contributed by atoms with Crippen LogP contribution < -0.4 is 0 Å². The lowest BCUT2D eigenvalue weighted by molar-refractivity contribution is -0.122. The highest BCUT2D eigenvalue weighted by Gasteiger charge is 2.33. The zero-order valence-electron chi connectivity index (χ0n) is 12.2. The Kier molecular flexibility index (Phi) is 4.34. The molecule has 3 rings (SSSR count). The Balaban J connectivity index is 1.76. The van der Waals surface area contributed by atoms with E-state index in [1.54, 1.807) is 0 Å². The fourth-order valence-electron chi connectivity index (χ4n) is 3.88. The van der Waals surface area contributed by atoms with Crippen LogP contribution in [0.25, 0.3) is 6.08 Å². The van der Waals surface area contributed by atoms with Crippen LogP contribution in [-0.4, -0.2) is 5.78 Å². The van der Waals surface area contributed by atoms with Gasteiger partial charge in [0.1, 0.15) is 0 Å². The van der Waals surface area contributed by atoms with Crippen LogP contribution in [0, 0.1) is 11.8 Å². The first-order chi connectivity index (χ1) is 9.84. The van der Waals surface area contributed by atoms with Gasteiger partial charge in [0.05, 0.1) is 0 Å². The van der Waals surface area contributed by atoms with E-state index in [1.807, 2.05) is 18.2 Å². The van der Waals surface area contributed by atoms with Crippen LogP contribution in [0.2, 0.25) is 0 Å². The number of carbonyl (C=O) groups is 1. The molecule has 0 aliphatic heterocycles. The minimum absolute atomic E-state index is 0.319. The minimum atomic E-state index is 0.319. The second-order valence-corrected chi connectivity index (χ2v) is 6.34. The number of carbonyl (C=O) groups excluding carboxylic acids is 1. The highest BCUT2D eigenvalue weighted by molar-refractivity contribution is 6.01. The summed E-state index contributed by atoms with van der Waals surface area (Å²) in [5.74, 6) is 1.43. The van der Waals surface area contributed by atoms with Gasteiger partial charge in [0.15, 0.2) is 5.78 Å². The van der Waals surface area contributed by atoms with E-state index >= 15 is 0 Å². The summed E-state index contributed by atoms with van der Waals surface area (Å²) >= 11 is 0. The second-order valence-electron chi connectivity index (χ2n) is 6.34. The van der Waals surface area contributed by atoms with Crippen molar-refractivity contribution in [3.05, 3.63) is 41.5 Å². The molecule has 1 unspecified atom stereocenters. The Morgan fingerprint density at radius 2 is 1.65 bits per heavy atom. The summed E-state index contributed by atoms with van der Waals surface area (Å²) in [7, 11) is 0. The van der Waals surface area contributed by atoms with Crippen molar-refractivity contribution >= 4 is 11.9 Å². The van der Waals surface area contributed by atoms with E-state index in [1.165, 1.54) is 44.1 Å². The molecule has 2 aliphatic carbocycles. The topological polar surface area (TPSA) is 17.1 Å². The van der Waals surface area contributed by atoms with Crippen molar-refractivity contribution in [1.82, 2.24) is 0 Å². The molecule has 0 aromatic heterocycles. The van der Waals surface area contributed by atoms with Gasteiger partial charge in [-0.3, -0.25) is 4.79 Å². The molecule has 0 saturated heterocycles. The Hall–Kier alpha value is -1.37. The number of rotatable bonds is 2. The number of benzene rings is 1. The van der Waals surface area contributed by atoms with Crippen molar-refractivity contribution in [2.24, 2.45) is 11.8 Å². The monoisotopic (exact) mass is 268 g/mol. The first-order valence-electron chi connectivity index (χ1n) is 8.14. The first kappa shape index (κ1) is 13.6. The Bertz CT molecular complexity index is 480. The van der Waals surface area contributed by atoms with Gasteiger partial charge in [-0.2, -0.15) is 0 Å². The summed E-state index contributed by atoms with van der Waals surface area (Å²) in [5.41, 5.74) is 2.23. The molecule has 1 aromatic carbocycles. The molecular weight excluding hydrogens is 244 g/mol. The Morgan fingerprint density at radius 1 is 0.900 bits per heavy atom. The number of hydrogen-bond donors (Lipinski definition) is 0. The molecule has 0 bridgehead atoms. The Labute approximate surface area is 122 Å². The van der Waals surface area contributed by atoms with E-state index in [0.29, 0.717) is 17.6 Å². The average Bonchev–Trinajstić information content (AvgIpc) is 2.51. The number of Topliss-reactive ketones (excluding diaryl/α,β-unsaturated/α-hetero) is 1. The highest BCUT2D eigenvalue weighted by Crippen LogP contribution is 2.38. The van der Waals surface area contributed by atoms with E-state index in [0.717, 1.165) is 18.4 Å². The molecule has 0 N–H and O–H groups in total. The summed E-state index contributed by atoms with van der Waals surface area (Å²) in [6.45, 7) is 0. The predicted octanol–water partition coefficient (Wildman–Crippen LogP) is 5.02. The average molecular weight is 268 g/mol. The standard InChI is InChI=1S/C19H24O/c20-19-17(14-15-8-3-1-4-9-15)12-7-13-18(19)16-10-5-2-6-11-16/h1,3-4,8-9,14,16,18H,2,5-7,10-13H2. The molecule has 2 fully saturated rings. The quantitative estimate of drug-likeness (QED) is 0.688. The van der Waals surface area contributed by atoms with Gasteiger partial charge < -0.3 is 0 Å². The van der Waals surface area contributed by atoms with E-state index in [2.05, 4.69) is 18.2 Å². The summed E-state index contributed by atoms with van der Waals surface area (Å²) in [6, 6.07) is 10.3. The zero-order chi connectivity index (χ0) is 13.8. The van der Waals surface area contributed by atoms with Crippen LogP contribution in [0.4, 0.5) is 0 Å². The molecule has 2 saturated carbocycles. The van der Waals surface area contributed by atoms with E-state index < -0.39 is 0 Å². The third-order valence-corrected chi connectivity index (χ3v) is 4.97. The number of ketones is 1. The van der Waals surface area contributed by atoms with Gasteiger partial charge in [-0.15, -0.1) is 0 Å². The van der Waals surface area contributed by atoms with Crippen LogP contribution >= 0.6 is 0 Å². The molecule has 0 spiro atoms. The first-order valence-corrected chi connectivity index (χ1v) is 8.14. The molecule has 0 heterocycles. The van der Waals surface area contributed by atoms with Gasteiger partial charge in [-0.1, -0.05) is 49.6 Å². The lowest BCUT2D eigenvalue weighted by atomic mass is 9.71. The van der Waals surface area contributed by atoms with Gasteiger partial charge in [-0.25, -0.2) is 0 Å². The lowest BCUT2D eigenvalue weighted by Crippen LogP contribution is -2.30. The maximum atomic E-state index is 12.8. The van der Waals surface area contributed by atoms with Crippen LogP contribution in [0.15, 0.2) is 35.9 Å². The summed E-state index contributed by atoms with van der Waals surface area (Å²) in [5, 5.41) is 0. The van der Waals surface area contributed by atoms with Gasteiger partial charge in [-0.05, 0) is 55.2 Å². The van der Waals surface area contributed by atoms with E-state index in [-0.39, 0.29) is 0 Å². The van der Waals surface area contributed by atoms with E-state index in [9.17, 15) is 4.79 Å². The number of hydrogen-bond acceptors (Lipinski definition) is 1. The third-order valence-electron chi connectivity index (χ3n) is 4.97. The molecule has 1 heteroatoms. The van der Waals surface area contributed by atoms with Crippen molar-refractivity contribution in [3.63, 3.8) is 0 Å². The van der Waals surface area contributed by atoms with Crippen LogP contribution in [0.3, 0.4) is 0 Å². The largest absolute Gasteiger partial charge is 0.294 e. The van der Waals surface area contributed by atoms with Crippen molar-refractivity contribution in [2.75, 3.05) is 0 Å². The van der Waals surface area contributed by atoms with E-state index in [4.69, 9.17) is 0 Å². The zero-order valence-corrected chi connectivity index (χ0v) is 12.2. The summed E-state index contributed by atoms with van der Waals surface area (Å²) in [6.07, 6.45) is 12.0. The minimum Gasteiger partial charge on any atom is -0.294 e. The summed E-state index contributed by atoms with van der Waals surface area (Å²) < 4.78 is 0. The number of allylic oxidation sites excluding steroid dienone is 1. The molecule has 0 amide bonds. The van der Waals surface area contributed by atoms with Gasteiger partial charge in [0, 0.05) is 5.92 Å². The molecule has 1 nitrogen and oxygen atoms in total. The van der Waals surface area contributed by atoms with Gasteiger partial charge in [0.2, 0.25) is 0 Å². The van der Waals surface area contributed by atoms with Crippen LogP contribution in [0.1, 0.15) is 56.9 Å². The van der Waals surface area contributed by atoms with Crippen molar-refractivity contribution in [2.45, 2.75) is 51.4 Å². The predicted molar refractivity (Wildman–Crippen MR) is 83.3 cm³/mol. The normalized spacial score (nSPS) is 26.9. The van der Waals surface area contributed by atoms with Gasteiger partial charge in [0.25, 0.3) is 0 Å². The van der Waals surface area contributed by atoms with Crippen molar-refractivity contribution in [1.29, 1.82) is 0 Å². The molecular formula is C19H24O. The maximum Gasteiger partial charge on any atom is 0.162 e. The molecule has 2 aliphatic rings. The fourth-order valence-corrected chi connectivity index (χ4v) is 3.88. The molecule has 1 atom stereocenters. The third kappa shape index (κ3) is 3.03. The molecule has 20 heavy (non-hydrogen) atoms. The molecule has 0 radical (unpaired) electrons. The van der Waals surface area contributed by atoms with Crippen LogP contribution in [-0.2, 0) is 4.79 Å². The van der Waals surface area contributed by atoms with Gasteiger partial charge >= 0.3 is 0 Å². The highest BCUT2D eigenvalue weighted by atomic mass is 16.1.